The molecule has 1 N–H and O–H groups in total. The number of esters is 1. The van der Waals surface area contributed by atoms with Crippen LogP contribution >= 0.6 is 0 Å². The molecule has 1 atom stereocenters. The maximum atomic E-state index is 12.4. The minimum Gasteiger partial charge on any atom is -0.449 e. The van der Waals surface area contributed by atoms with Crippen LogP contribution in [-0.4, -0.2) is 39.2 Å². The summed E-state index contributed by atoms with van der Waals surface area (Å²) in [5, 5.41) is 2.75. The van der Waals surface area contributed by atoms with Crippen LogP contribution in [0.5, 0.6) is 0 Å². The molecule has 0 spiro atoms. The molecule has 0 bridgehead atoms. The van der Waals surface area contributed by atoms with E-state index in [1.807, 2.05) is 31.2 Å². The third-order valence-electron chi connectivity index (χ3n) is 4.81. The van der Waals surface area contributed by atoms with E-state index in [0.717, 1.165) is 22.9 Å². The lowest BCUT2D eigenvalue weighted by Gasteiger charge is -2.17. The first-order valence-electron chi connectivity index (χ1n) is 9.30. The third kappa shape index (κ3) is 4.95. The van der Waals surface area contributed by atoms with Crippen molar-refractivity contribution in [2.45, 2.75) is 32.9 Å². The zero-order valence-electron chi connectivity index (χ0n) is 16.6. The first-order chi connectivity index (χ1) is 13.6. The summed E-state index contributed by atoms with van der Waals surface area (Å²) in [5.41, 5.74) is 3.72. The number of nitrogens with zero attached hydrogens (tertiary/aromatic N) is 1. The number of aryl methyl sites for hydroxylation is 1. The van der Waals surface area contributed by atoms with Gasteiger partial charge in [0.05, 0.1) is 17.5 Å². The number of rotatable bonds is 6. The molecule has 1 amide bonds. The van der Waals surface area contributed by atoms with Gasteiger partial charge in [0.2, 0.25) is 10.0 Å². The predicted octanol–water partition coefficient (Wildman–Crippen LogP) is 2.18. The molecule has 3 rings (SSSR count). The first-order valence-corrected chi connectivity index (χ1v) is 11.1. The number of nitrogens with one attached hydrogen (secondary N) is 1. The van der Waals surface area contributed by atoms with Crippen molar-refractivity contribution < 1.29 is 22.7 Å². The van der Waals surface area contributed by atoms with Gasteiger partial charge in [-0.05, 0) is 49.6 Å². The number of benzene rings is 2. The van der Waals surface area contributed by atoms with Crippen molar-refractivity contribution in [2.75, 3.05) is 17.1 Å². The Morgan fingerprint density at radius 1 is 1.17 bits per heavy atom. The lowest BCUT2D eigenvalue weighted by atomic mass is 10.1. The number of amides is 1. The molecular formula is C21H24N2O5S. The van der Waals surface area contributed by atoms with Crippen molar-refractivity contribution in [3.05, 3.63) is 64.7 Å². The number of sulfonamides is 1. The minimum absolute atomic E-state index is 0.289. The largest absolute Gasteiger partial charge is 0.449 e. The normalized spacial score (nSPS) is 14.2. The summed E-state index contributed by atoms with van der Waals surface area (Å²) in [5.74, 6) is -1.01. The Morgan fingerprint density at radius 2 is 1.86 bits per heavy atom. The Labute approximate surface area is 170 Å². The fourth-order valence-corrected chi connectivity index (χ4v) is 4.12. The number of hydrogen-bond acceptors (Lipinski definition) is 5. The maximum Gasteiger partial charge on any atom is 0.338 e. The predicted molar refractivity (Wildman–Crippen MR) is 110 cm³/mol. The van der Waals surface area contributed by atoms with Crippen molar-refractivity contribution in [1.82, 2.24) is 5.32 Å². The molecule has 1 heterocycles. The van der Waals surface area contributed by atoms with Crippen molar-refractivity contribution >= 4 is 27.6 Å². The fourth-order valence-electron chi connectivity index (χ4n) is 3.16. The quantitative estimate of drug-likeness (QED) is 0.729. The summed E-state index contributed by atoms with van der Waals surface area (Å²) in [4.78, 5) is 24.6. The van der Waals surface area contributed by atoms with E-state index in [1.165, 1.54) is 17.3 Å². The Bertz CT molecular complexity index is 1030. The molecule has 2 aromatic rings. The molecule has 1 aliphatic rings. The number of hydrogen-bond donors (Lipinski definition) is 1. The van der Waals surface area contributed by atoms with Gasteiger partial charge in [-0.25, -0.2) is 13.2 Å². The van der Waals surface area contributed by atoms with Crippen LogP contribution in [0.25, 0.3) is 0 Å². The van der Waals surface area contributed by atoms with Crippen molar-refractivity contribution in [2.24, 2.45) is 0 Å². The second-order valence-corrected chi connectivity index (χ2v) is 9.09. The zero-order valence-corrected chi connectivity index (χ0v) is 17.5. The Morgan fingerprint density at radius 3 is 2.52 bits per heavy atom. The minimum atomic E-state index is -3.35. The van der Waals surface area contributed by atoms with E-state index < -0.39 is 22.1 Å². The van der Waals surface area contributed by atoms with Gasteiger partial charge in [-0.1, -0.05) is 29.8 Å². The first kappa shape index (κ1) is 20.9. The summed E-state index contributed by atoms with van der Waals surface area (Å²) in [6.07, 6.45) is 0.728. The van der Waals surface area contributed by atoms with E-state index >= 15 is 0 Å². The van der Waals surface area contributed by atoms with Crippen molar-refractivity contribution in [3.63, 3.8) is 0 Å². The highest BCUT2D eigenvalue weighted by molar-refractivity contribution is 7.92. The van der Waals surface area contributed by atoms with Crippen LogP contribution in [0.4, 0.5) is 5.69 Å². The average Bonchev–Trinajstić information content (AvgIpc) is 3.10. The molecule has 2 aromatic carbocycles. The Hall–Kier alpha value is -2.87. The van der Waals surface area contributed by atoms with Crippen LogP contribution in [0, 0.1) is 6.92 Å². The number of carbonyl (C=O) groups excluding carboxylic acids is 2. The molecule has 0 fully saturated rings. The maximum absolute atomic E-state index is 12.4. The second-order valence-electron chi connectivity index (χ2n) is 7.18. The van der Waals surface area contributed by atoms with E-state index in [1.54, 1.807) is 12.1 Å². The molecule has 154 valence electrons. The van der Waals surface area contributed by atoms with E-state index in [-0.39, 0.29) is 11.5 Å². The van der Waals surface area contributed by atoms with Gasteiger partial charge in [-0.15, -0.1) is 0 Å². The summed E-state index contributed by atoms with van der Waals surface area (Å²) in [6, 6.07) is 12.5. The zero-order chi connectivity index (χ0) is 21.2. The summed E-state index contributed by atoms with van der Waals surface area (Å²) >= 11 is 0. The molecule has 29 heavy (non-hydrogen) atoms. The Kier molecular flexibility index (Phi) is 5.93. The van der Waals surface area contributed by atoms with E-state index in [4.69, 9.17) is 4.74 Å². The molecule has 0 saturated heterocycles. The molecule has 7 nitrogen and oxygen atoms in total. The number of fused-ring (bicyclic) bond motifs is 1. The molecule has 0 aliphatic carbocycles. The lowest BCUT2D eigenvalue weighted by molar-refractivity contribution is -0.129. The van der Waals surface area contributed by atoms with Gasteiger partial charge in [0.1, 0.15) is 0 Å². The van der Waals surface area contributed by atoms with Crippen LogP contribution in [0.2, 0.25) is 0 Å². The molecule has 0 radical (unpaired) electrons. The molecule has 1 aliphatic heterocycles. The highest BCUT2D eigenvalue weighted by Gasteiger charge is 2.27. The van der Waals surface area contributed by atoms with Crippen LogP contribution in [0.1, 0.15) is 34.0 Å². The monoisotopic (exact) mass is 416 g/mol. The van der Waals surface area contributed by atoms with Gasteiger partial charge in [0, 0.05) is 13.1 Å². The van der Waals surface area contributed by atoms with Gasteiger partial charge >= 0.3 is 5.97 Å². The lowest BCUT2D eigenvalue weighted by Crippen LogP contribution is -2.35. The highest BCUT2D eigenvalue weighted by atomic mass is 32.2. The SMILES string of the molecule is Cc1ccc(CNC(=O)[C@H](C)OC(=O)c2ccc3c(c2)CCN3S(C)(=O)=O)cc1. The topological polar surface area (TPSA) is 92.8 Å². The van der Waals surface area contributed by atoms with E-state index in [0.29, 0.717) is 25.2 Å². The van der Waals surface area contributed by atoms with Gasteiger partial charge in [-0.2, -0.15) is 0 Å². The molecule has 0 aromatic heterocycles. The van der Waals surface area contributed by atoms with E-state index in [2.05, 4.69) is 5.32 Å². The summed E-state index contributed by atoms with van der Waals surface area (Å²) < 4.78 is 30.2. The number of anilines is 1. The molecule has 8 heteroatoms. The summed E-state index contributed by atoms with van der Waals surface area (Å²) in [6.45, 7) is 4.20. The van der Waals surface area contributed by atoms with Gasteiger partial charge in [0.15, 0.2) is 6.10 Å². The van der Waals surface area contributed by atoms with Crippen LogP contribution in [-0.2, 0) is 32.5 Å². The van der Waals surface area contributed by atoms with E-state index in [9.17, 15) is 18.0 Å². The average molecular weight is 416 g/mol. The second kappa shape index (κ2) is 8.24. The Balaban J connectivity index is 1.59. The summed E-state index contributed by atoms with van der Waals surface area (Å²) in [7, 11) is -3.35. The van der Waals surface area contributed by atoms with Gasteiger partial charge in [-0.3, -0.25) is 9.10 Å². The van der Waals surface area contributed by atoms with Crippen LogP contribution in [0.15, 0.2) is 42.5 Å². The number of ether oxygens (including phenoxy) is 1. The smallest absolute Gasteiger partial charge is 0.338 e. The highest BCUT2D eigenvalue weighted by Crippen LogP contribution is 2.30. The fraction of sp³-hybridized carbons (Fsp3) is 0.333. The van der Waals surface area contributed by atoms with Gasteiger partial charge in [0.25, 0.3) is 5.91 Å². The molecule has 0 unspecified atom stereocenters. The number of carbonyl (C=O) groups is 2. The molecule has 0 saturated carbocycles. The van der Waals surface area contributed by atoms with Gasteiger partial charge < -0.3 is 10.1 Å². The third-order valence-corrected chi connectivity index (χ3v) is 5.99. The van der Waals surface area contributed by atoms with Crippen molar-refractivity contribution in [3.8, 4) is 0 Å². The molecular weight excluding hydrogens is 392 g/mol. The van der Waals surface area contributed by atoms with Crippen molar-refractivity contribution in [1.29, 1.82) is 0 Å². The standard InChI is InChI=1S/C21H24N2O5S/c1-14-4-6-16(7-5-14)13-22-20(24)15(2)28-21(25)18-8-9-19-17(12-18)10-11-23(19)29(3,26)27/h4-9,12,15H,10-11,13H2,1-3H3,(H,22,24)/t15-/m0/s1. The van der Waals surface area contributed by atoms with Crippen LogP contribution in [0.3, 0.4) is 0 Å². The van der Waals surface area contributed by atoms with Crippen LogP contribution < -0.4 is 9.62 Å².